The molecule has 6 N–H and O–H groups in total. The van der Waals surface area contributed by atoms with Crippen molar-refractivity contribution in [2.24, 2.45) is 0 Å². The number of rotatable bonds is 63. The molecule has 1 fully saturated rings. The van der Waals surface area contributed by atoms with Crippen molar-refractivity contribution in [3.63, 3.8) is 0 Å². The number of nitrogens with one attached hydrogen (secondary N) is 1. The van der Waals surface area contributed by atoms with E-state index in [1.54, 1.807) is 6.08 Å². The molecule has 7 atom stereocenters. The first-order valence-corrected chi connectivity index (χ1v) is 36.6. The predicted molar refractivity (Wildman–Crippen MR) is 342 cm³/mol. The third-order valence-corrected chi connectivity index (χ3v) is 17.4. The maximum atomic E-state index is 13.2. The Morgan fingerprint density at radius 3 is 1.10 bits per heavy atom. The molecule has 0 aromatic heterocycles. The van der Waals surface area contributed by atoms with Crippen molar-refractivity contribution in [1.29, 1.82) is 0 Å². The molecule has 0 aromatic rings. The lowest BCUT2D eigenvalue weighted by Gasteiger charge is -2.41. The Morgan fingerprint density at radius 2 is 0.780 bits per heavy atom. The van der Waals surface area contributed by atoms with Gasteiger partial charge in [0.05, 0.1) is 25.4 Å². The van der Waals surface area contributed by atoms with Crippen LogP contribution in [-0.2, 0) is 28.9 Å². The van der Waals surface area contributed by atoms with Crippen LogP contribution in [0.1, 0.15) is 354 Å². The van der Waals surface area contributed by atoms with Gasteiger partial charge in [-0.25, -0.2) is 4.18 Å². The number of unbranched alkanes of at least 4 members (excludes halogenated alkanes) is 49. The summed E-state index contributed by atoms with van der Waals surface area (Å²) in [6.45, 7) is 3.46. The number of carbonyl (C=O) groups excluding carboxylic acids is 1. The lowest BCUT2D eigenvalue weighted by atomic mass is 9.99. The first-order valence-electron chi connectivity index (χ1n) is 35.2. The quantitative estimate of drug-likeness (QED) is 0.0193. The fraction of sp³-hybridized carbons (Fsp3) is 0.928. The van der Waals surface area contributed by atoms with E-state index in [9.17, 15) is 38.2 Å². The predicted octanol–water partition coefficient (Wildman–Crippen LogP) is 18.3. The minimum absolute atomic E-state index is 0.255. The Morgan fingerprint density at radius 1 is 0.476 bits per heavy atom. The van der Waals surface area contributed by atoms with E-state index >= 15 is 0 Å². The molecule has 0 spiro atoms. The van der Waals surface area contributed by atoms with Crippen LogP contribution in [0.5, 0.6) is 0 Å². The zero-order valence-electron chi connectivity index (χ0n) is 53.3. The van der Waals surface area contributed by atoms with Gasteiger partial charge in [0.1, 0.15) is 24.4 Å². The maximum absolute atomic E-state index is 13.2. The van der Waals surface area contributed by atoms with E-state index < -0.39 is 59.9 Å². The molecule has 1 amide bonds. The Kier molecular flexibility index (Phi) is 56.2. The number of aliphatic hydroxyl groups excluding tert-OH is 4. The van der Waals surface area contributed by atoms with Crippen LogP contribution < -0.4 is 5.32 Å². The molecular weight excluding hydrogens is 1050 g/mol. The van der Waals surface area contributed by atoms with Crippen LogP contribution >= 0.6 is 0 Å². The minimum atomic E-state index is -5.09. The summed E-state index contributed by atoms with van der Waals surface area (Å²) in [5, 5.41) is 45.2. The molecule has 13 heteroatoms. The fourth-order valence-corrected chi connectivity index (χ4v) is 12.1. The average Bonchev–Trinajstić information content (AvgIpc) is 3.60. The normalized spacial score (nSPS) is 18.5. The largest absolute Gasteiger partial charge is 0.397 e. The van der Waals surface area contributed by atoms with Gasteiger partial charge >= 0.3 is 10.4 Å². The van der Waals surface area contributed by atoms with Gasteiger partial charge in [-0.2, -0.15) is 8.42 Å². The van der Waals surface area contributed by atoms with Crippen LogP contribution in [0.2, 0.25) is 0 Å². The zero-order valence-corrected chi connectivity index (χ0v) is 54.2. The number of hydrogen-bond acceptors (Lipinski definition) is 10. The highest BCUT2D eigenvalue weighted by Crippen LogP contribution is 2.26. The number of ether oxygens (including phenoxy) is 2. The number of hydrogen-bond donors (Lipinski definition) is 6. The second kappa shape index (κ2) is 58.6. The standard InChI is InChI=1S/C69H133NO11S/c1-3-5-7-9-11-13-15-17-19-21-23-25-27-29-30-31-32-33-35-37-39-41-43-45-47-49-51-53-55-57-59-65(73)70-62(61-79-69-67(75)68(81-82(76,77)78)66(74)64(60-71)80-69)63(72)58-56-54-52-50-48-46-44-42-40-38-36-34-28-26-24-22-20-18-16-14-12-10-8-6-4-2/h29-30,56,58,62-64,66-69,71-72,74-75H,3-28,31-55,57,59-61H2,1-2H3,(H,70,73)(H,76,77,78)/b30-29-,58-56+. The summed E-state index contributed by atoms with van der Waals surface area (Å²) >= 11 is 0. The van der Waals surface area contributed by atoms with Gasteiger partial charge in [-0.1, -0.05) is 327 Å². The van der Waals surface area contributed by atoms with E-state index in [-0.39, 0.29) is 18.9 Å². The molecule has 0 radical (unpaired) electrons. The third kappa shape index (κ3) is 49.7. The summed E-state index contributed by atoms with van der Waals surface area (Å²) in [5.41, 5.74) is 0. The van der Waals surface area contributed by atoms with Crippen LogP contribution in [0.3, 0.4) is 0 Å². The number of allylic oxidation sites excluding steroid dienone is 3. The SMILES string of the molecule is CCCCCCCCCCCCCC/C=C\CCCCCCCCCCCCCCCCC(=O)NC(COC1OC(CO)C(O)C(OS(=O)(=O)O)C1O)C(O)/C=C/CCCCCCCCCCCCCCCCCCCCCCCCC. The lowest BCUT2D eigenvalue weighted by Crippen LogP contribution is -2.61. The number of amides is 1. The van der Waals surface area contributed by atoms with Gasteiger partial charge in [-0.3, -0.25) is 9.35 Å². The lowest BCUT2D eigenvalue weighted by molar-refractivity contribution is -0.298. The van der Waals surface area contributed by atoms with Gasteiger partial charge in [0.25, 0.3) is 0 Å². The summed E-state index contributed by atoms with van der Waals surface area (Å²) in [4.78, 5) is 13.2. The van der Waals surface area contributed by atoms with Crippen molar-refractivity contribution in [3.8, 4) is 0 Å². The van der Waals surface area contributed by atoms with Gasteiger partial charge in [-0.05, 0) is 44.9 Å². The molecule has 1 saturated heterocycles. The summed E-state index contributed by atoms with van der Waals surface area (Å²) in [6, 6.07) is -0.944. The van der Waals surface area contributed by atoms with Crippen molar-refractivity contribution < 1.29 is 51.8 Å². The summed E-state index contributed by atoms with van der Waals surface area (Å²) < 4.78 is 48.1. The van der Waals surface area contributed by atoms with Crippen molar-refractivity contribution in [1.82, 2.24) is 5.32 Å². The topological polar surface area (TPSA) is 192 Å². The number of aliphatic hydroxyl groups is 4. The van der Waals surface area contributed by atoms with Crippen molar-refractivity contribution in [3.05, 3.63) is 24.3 Å². The van der Waals surface area contributed by atoms with Gasteiger partial charge < -0.3 is 35.2 Å². The van der Waals surface area contributed by atoms with Crippen LogP contribution in [0.15, 0.2) is 24.3 Å². The third-order valence-electron chi connectivity index (χ3n) is 17.0. The Balaban J connectivity index is 2.25. The maximum Gasteiger partial charge on any atom is 0.397 e. The molecule has 12 nitrogen and oxygen atoms in total. The first-order chi connectivity index (χ1) is 40.0. The van der Waals surface area contributed by atoms with Crippen LogP contribution in [0.25, 0.3) is 0 Å². The van der Waals surface area contributed by atoms with E-state index in [0.29, 0.717) is 6.42 Å². The first kappa shape index (κ1) is 78.6. The van der Waals surface area contributed by atoms with E-state index in [1.165, 1.54) is 289 Å². The summed E-state index contributed by atoms with van der Waals surface area (Å²) in [6.07, 6.45) is 66.8. The monoisotopic (exact) mass is 1180 g/mol. The summed E-state index contributed by atoms with van der Waals surface area (Å²) in [7, 11) is -5.09. The Labute approximate surface area is 505 Å². The van der Waals surface area contributed by atoms with Crippen molar-refractivity contribution in [2.45, 2.75) is 397 Å². The molecule has 0 saturated carbocycles. The van der Waals surface area contributed by atoms with E-state index in [1.807, 2.05) is 6.08 Å². The van der Waals surface area contributed by atoms with Crippen LogP contribution in [-0.4, -0.2) is 95.4 Å². The van der Waals surface area contributed by atoms with E-state index in [2.05, 4.69) is 35.5 Å². The molecule has 0 aliphatic carbocycles. The fourth-order valence-electron chi connectivity index (χ4n) is 11.6. The molecule has 7 unspecified atom stereocenters. The highest BCUT2D eigenvalue weighted by Gasteiger charge is 2.48. The van der Waals surface area contributed by atoms with E-state index in [4.69, 9.17) is 9.47 Å². The Hall–Kier alpha value is -1.42. The van der Waals surface area contributed by atoms with Gasteiger partial charge in [-0.15, -0.1) is 0 Å². The molecule has 0 bridgehead atoms. The Bertz CT molecular complexity index is 1530. The molecule has 0 aromatic carbocycles. The summed E-state index contributed by atoms with van der Waals surface area (Å²) in [5.74, 6) is -0.255. The van der Waals surface area contributed by atoms with E-state index in [0.717, 1.165) is 38.5 Å². The molecule has 1 aliphatic rings. The molecule has 486 valence electrons. The molecule has 1 heterocycles. The average molecular weight is 1180 g/mol. The smallest absolute Gasteiger partial charge is 0.394 e. The highest BCUT2D eigenvalue weighted by atomic mass is 32.3. The molecular formula is C69H133NO11S. The molecule has 1 rings (SSSR count). The second-order valence-corrected chi connectivity index (χ2v) is 25.9. The van der Waals surface area contributed by atoms with Crippen LogP contribution in [0, 0.1) is 0 Å². The van der Waals surface area contributed by atoms with Gasteiger partial charge in [0, 0.05) is 6.42 Å². The minimum Gasteiger partial charge on any atom is -0.394 e. The van der Waals surface area contributed by atoms with Crippen LogP contribution in [0.4, 0.5) is 0 Å². The molecule has 82 heavy (non-hydrogen) atoms. The van der Waals surface area contributed by atoms with Gasteiger partial charge in [0.2, 0.25) is 5.91 Å². The number of carbonyl (C=O) groups is 1. The van der Waals surface area contributed by atoms with Crippen molar-refractivity contribution >= 4 is 16.3 Å². The highest BCUT2D eigenvalue weighted by molar-refractivity contribution is 7.80. The van der Waals surface area contributed by atoms with Crippen molar-refractivity contribution in [2.75, 3.05) is 13.2 Å². The zero-order chi connectivity index (χ0) is 59.7. The van der Waals surface area contributed by atoms with Gasteiger partial charge in [0.15, 0.2) is 6.29 Å². The molecule has 1 aliphatic heterocycles. The second-order valence-electron chi connectivity index (χ2n) is 24.8.